The van der Waals surface area contributed by atoms with Gasteiger partial charge in [0.05, 0.1) is 0 Å². The van der Waals surface area contributed by atoms with Crippen molar-refractivity contribution in [2.75, 3.05) is 18.4 Å². The summed E-state index contributed by atoms with van der Waals surface area (Å²) in [5.74, 6) is 1.87. The van der Waals surface area contributed by atoms with Gasteiger partial charge in [0.2, 0.25) is 0 Å². The highest BCUT2D eigenvalue weighted by molar-refractivity contribution is 5.47. The Kier molecular flexibility index (Phi) is 4.79. The number of hydrogen-bond donors (Lipinski definition) is 1. The van der Waals surface area contributed by atoms with Gasteiger partial charge in [0, 0.05) is 30.4 Å². The monoisotopic (exact) mass is 287 g/mol. The normalized spacial score (nSPS) is 24.0. The molecule has 0 spiro atoms. The Morgan fingerprint density at radius 3 is 2.81 bits per heavy atom. The van der Waals surface area contributed by atoms with Crippen LogP contribution in [0.2, 0.25) is 0 Å². The first-order chi connectivity index (χ1) is 10.2. The van der Waals surface area contributed by atoms with E-state index < -0.39 is 0 Å². The molecule has 0 aromatic carbocycles. The van der Waals surface area contributed by atoms with Gasteiger partial charge in [0.25, 0.3) is 0 Å². The molecular weight excluding hydrogens is 258 g/mol. The average Bonchev–Trinajstić information content (AvgIpc) is 2.43. The number of pyridine rings is 1. The molecule has 1 N–H and O–H groups in total. The van der Waals surface area contributed by atoms with Crippen LogP contribution < -0.4 is 5.32 Å². The third-order valence-electron chi connectivity index (χ3n) is 4.86. The fourth-order valence-corrected chi connectivity index (χ4v) is 3.58. The van der Waals surface area contributed by atoms with E-state index in [2.05, 4.69) is 41.2 Å². The molecule has 3 heteroatoms. The summed E-state index contributed by atoms with van der Waals surface area (Å²) in [5.41, 5.74) is 1.42. The van der Waals surface area contributed by atoms with Crippen LogP contribution in [0.4, 0.5) is 5.82 Å². The molecule has 1 aromatic heterocycles. The fourth-order valence-electron chi connectivity index (χ4n) is 3.58. The summed E-state index contributed by atoms with van der Waals surface area (Å²) in [7, 11) is 0. The summed E-state index contributed by atoms with van der Waals surface area (Å²) in [6.45, 7) is 7.08. The molecule has 2 heterocycles. The summed E-state index contributed by atoms with van der Waals surface area (Å²) < 4.78 is 0. The topological polar surface area (TPSA) is 28.2 Å². The van der Waals surface area contributed by atoms with Gasteiger partial charge in [-0.3, -0.25) is 4.90 Å². The van der Waals surface area contributed by atoms with Crippen molar-refractivity contribution in [3.05, 3.63) is 23.9 Å². The molecule has 0 amide bonds. The molecule has 1 saturated carbocycles. The Labute approximate surface area is 129 Å². The second-order valence-electron chi connectivity index (χ2n) is 7.11. The first kappa shape index (κ1) is 14.8. The van der Waals surface area contributed by atoms with Crippen molar-refractivity contribution < 1.29 is 0 Å². The molecule has 0 unspecified atom stereocenters. The molecule has 1 aliphatic carbocycles. The highest BCUT2D eigenvalue weighted by atomic mass is 15.2. The summed E-state index contributed by atoms with van der Waals surface area (Å²) in [6, 6.07) is 5.60. The molecule has 116 valence electrons. The van der Waals surface area contributed by atoms with Gasteiger partial charge in [-0.1, -0.05) is 26.3 Å². The maximum atomic E-state index is 4.65. The first-order valence-electron chi connectivity index (χ1n) is 8.69. The smallest absolute Gasteiger partial charge is 0.130 e. The van der Waals surface area contributed by atoms with Gasteiger partial charge < -0.3 is 5.32 Å². The Bertz CT molecular complexity index is 454. The standard InChI is InChI=1S/C18H29N3/c1-14(2)13-21-12-4-3-10-17(21)16-9-6-11-19-18(16)20-15-7-5-8-15/h6,9,11,14-15,17H,3-5,7-8,10,12-13H2,1-2H3,(H,19,20)/t17-/m1/s1. The van der Waals surface area contributed by atoms with Gasteiger partial charge in [0.1, 0.15) is 5.82 Å². The van der Waals surface area contributed by atoms with Crippen LogP contribution in [0, 0.1) is 5.92 Å². The maximum absolute atomic E-state index is 4.65. The zero-order valence-electron chi connectivity index (χ0n) is 13.5. The number of likely N-dealkylation sites (tertiary alicyclic amines) is 1. The van der Waals surface area contributed by atoms with Crippen molar-refractivity contribution in [3.63, 3.8) is 0 Å². The zero-order valence-corrected chi connectivity index (χ0v) is 13.5. The molecule has 2 fully saturated rings. The number of hydrogen-bond acceptors (Lipinski definition) is 3. The number of anilines is 1. The van der Waals surface area contributed by atoms with Crippen molar-refractivity contribution >= 4 is 5.82 Å². The van der Waals surface area contributed by atoms with Crippen LogP contribution >= 0.6 is 0 Å². The molecule has 3 nitrogen and oxygen atoms in total. The van der Waals surface area contributed by atoms with E-state index in [4.69, 9.17) is 0 Å². The second-order valence-corrected chi connectivity index (χ2v) is 7.11. The molecule has 21 heavy (non-hydrogen) atoms. The Morgan fingerprint density at radius 1 is 1.24 bits per heavy atom. The van der Waals surface area contributed by atoms with E-state index in [9.17, 15) is 0 Å². The van der Waals surface area contributed by atoms with E-state index in [1.807, 2.05) is 6.20 Å². The number of rotatable bonds is 5. The van der Waals surface area contributed by atoms with Crippen molar-refractivity contribution in [1.29, 1.82) is 0 Å². The number of aromatic nitrogens is 1. The summed E-state index contributed by atoms with van der Waals surface area (Å²) in [6.07, 6.45) is 9.86. The third kappa shape index (κ3) is 3.57. The minimum atomic E-state index is 0.553. The number of nitrogens with one attached hydrogen (secondary N) is 1. The van der Waals surface area contributed by atoms with Gasteiger partial charge in [-0.15, -0.1) is 0 Å². The molecule has 1 aliphatic heterocycles. The van der Waals surface area contributed by atoms with Gasteiger partial charge in [0.15, 0.2) is 0 Å². The van der Waals surface area contributed by atoms with Crippen LogP contribution in [0.1, 0.15) is 64.0 Å². The quantitative estimate of drug-likeness (QED) is 0.878. The van der Waals surface area contributed by atoms with Crippen molar-refractivity contribution in [2.24, 2.45) is 5.92 Å². The molecule has 1 atom stereocenters. The van der Waals surface area contributed by atoms with Crippen LogP contribution in [0.3, 0.4) is 0 Å². The highest BCUT2D eigenvalue weighted by Crippen LogP contribution is 2.35. The van der Waals surface area contributed by atoms with Crippen LogP contribution in [0.15, 0.2) is 18.3 Å². The second kappa shape index (κ2) is 6.78. The van der Waals surface area contributed by atoms with Gasteiger partial charge in [-0.05, 0) is 50.6 Å². The molecule has 0 bridgehead atoms. The maximum Gasteiger partial charge on any atom is 0.130 e. The minimum absolute atomic E-state index is 0.553. The molecule has 1 aromatic rings. The zero-order chi connectivity index (χ0) is 14.7. The molecule has 0 radical (unpaired) electrons. The Balaban J connectivity index is 1.79. The molecule has 1 saturated heterocycles. The van der Waals surface area contributed by atoms with Crippen LogP contribution in [0.25, 0.3) is 0 Å². The predicted molar refractivity (Wildman–Crippen MR) is 88.5 cm³/mol. The highest BCUT2D eigenvalue weighted by Gasteiger charge is 2.28. The minimum Gasteiger partial charge on any atom is -0.367 e. The first-order valence-corrected chi connectivity index (χ1v) is 8.69. The van der Waals surface area contributed by atoms with E-state index in [0.717, 1.165) is 11.7 Å². The lowest BCUT2D eigenvalue weighted by molar-refractivity contribution is 0.132. The molecule has 2 aliphatic rings. The van der Waals surface area contributed by atoms with Crippen molar-refractivity contribution in [2.45, 2.75) is 64.5 Å². The SMILES string of the molecule is CC(C)CN1CCCC[C@@H]1c1cccnc1NC1CCC1. The predicted octanol–water partition coefficient (Wildman–Crippen LogP) is 4.23. The number of nitrogens with zero attached hydrogens (tertiary/aromatic N) is 2. The van der Waals surface area contributed by atoms with Crippen LogP contribution in [-0.2, 0) is 0 Å². The lowest BCUT2D eigenvalue weighted by Crippen LogP contribution is -2.37. The Hall–Kier alpha value is -1.09. The van der Waals surface area contributed by atoms with Crippen LogP contribution in [0.5, 0.6) is 0 Å². The number of piperidine rings is 1. The summed E-state index contributed by atoms with van der Waals surface area (Å²) in [4.78, 5) is 7.33. The summed E-state index contributed by atoms with van der Waals surface area (Å²) >= 11 is 0. The van der Waals surface area contributed by atoms with Crippen LogP contribution in [-0.4, -0.2) is 29.0 Å². The van der Waals surface area contributed by atoms with Gasteiger partial charge in [-0.2, -0.15) is 0 Å². The molecule has 3 rings (SSSR count). The van der Waals surface area contributed by atoms with E-state index in [0.29, 0.717) is 12.1 Å². The third-order valence-corrected chi connectivity index (χ3v) is 4.86. The lowest BCUT2D eigenvalue weighted by Gasteiger charge is -2.38. The lowest BCUT2D eigenvalue weighted by atomic mass is 9.91. The fraction of sp³-hybridized carbons (Fsp3) is 0.722. The summed E-state index contributed by atoms with van der Waals surface area (Å²) in [5, 5.41) is 3.68. The Morgan fingerprint density at radius 2 is 2.10 bits per heavy atom. The van der Waals surface area contributed by atoms with Crippen molar-refractivity contribution in [3.8, 4) is 0 Å². The largest absolute Gasteiger partial charge is 0.367 e. The average molecular weight is 287 g/mol. The van der Waals surface area contributed by atoms with E-state index >= 15 is 0 Å². The van der Waals surface area contributed by atoms with Gasteiger partial charge in [-0.25, -0.2) is 4.98 Å². The van der Waals surface area contributed by atoms with E-state index in [1.165, 1.54) is 57.2 Å². The van der Waals surface area contributed by atoms with Gasteiger partial charge >= 0.3 is 0 Å². The van der Waals surface area contributed by atoms with Crippen molar-refractivity contribution in [1.82, 2.24) is 9.88 Å². The van der Waals surface area contributed by atoms with E-state index in [-0.39, 0.29) is 0 Å². The molecular formula is C18H29N3. The van der Waals surface area contributed by atoms with E-state index in [1.54, 1.807) is 0 Å².